The van der Waals surface area contributed by atoms with E-state index in [1.807, 2.05) is 13.0 Å². The van der Waals surface area contributed by atoms with Gasteiger partial charge in [-0.25, -0.2) is 19.3 Å². The lowest BCUT2D eigenvalue weighted by atomic mass is 10.1. The molecule has 0 saturated heterocycles. The number of nitrogens with zero attached hydrogens (tertiary/aromatic N) is 5. The normalized spacial score (nSPS) is 11.7. The lowest BCUT2D eigenvalue weighted by Crippen LogP contribution is -2.18. The van der Waals surface area contributed by atoms with Gasteiger partial charge in [0.2, 0.25) is 0 Å². The van der Waals surface area contributed by atoms with Crippen LogP contribution in [-0.4, -0.2) is 32.5 Å². The summed E-state index contributed by atoms with van der Waals surface area (Å²) in [4.78, 5) is 24.8. The van der Waals surface area contributed by atoms with Gasteiger partial charge in [0.05, 0.1) is 17.1 Å². The molecule has 32 heavy (non-hydrogen) atoms. The Bertz CT molecular complexity index is 1370. The fourth-order valence-corrected chi connectivity index (χ4v) is 3.45. The second-order valence-electron chi connectivity index (χ2n) is 7.03. The fourth-order valence-electron chi connectivity index (χ4n) is 3.45. The first kappa shape index (κ1) is 20.7. The van der Waals surface area contributed by atoms with E-state index in [1.54, 1.807) is 41.9 Å². The standard InChI is InChI=1S/C22H19FN8O/c1-12(29-20-16(10-24)19(25)27-11-28-20)21-30-17-7-6-14(23)9-18(17)31(21)15-5-3-4-13(8-15)22(32)26-2/h3-9,11-12H,1-2H3,(H,26,32)(H3,25,27,28,29). The molecule has 1 atom stereocenters. The Hall–Kier alpha value is -4.52. The number of carbonyl (C=O) groups excluding carboxylic acids is 1. The molecule has 2 aromatic carbocycles. The number of hydrogen-bond acceptors (Lipinski definition) is 7. The average Bonchev–Trinajstić information content (AvgIpc) is 3.17. The SMILES string of the molecule is CNC(=O)c1cccc(-n2c(C(C)Nc3ncnc(N)c3C#N)nc3ccc(F)cc32)c1. The number of hydrogen-bond donors (Lipinski definition) is 3. The van der Waals surface area contributed by atoms with Crippen molar-refractivity contribution < 1.29 is 9.18 Å². The minimum absolute atomic E-state index is 0.0612. The number of carbonyl (C=O) groups is 1. The third-order valence-electron chi connectivity index (χ3n) is 4.96. The number of amides is 1. The molecular formula is C22H19FN8O. The number of nitrogens with two attached hydrogens (primary N) is 1. The van der Waals surface area contributed by atoms with Crippen molar-refractivity contribution in [2.45, 2.75) is 13.0 Å². The number of nitriles is 1. The van der Waals surface area contributed by atoms with Crippen LogP contribution in [0.15, 0.2) is 48.8 Å². The van der Waals surface area contributed by atoms with Crippen molar-refractivity contribution in [2.24, 2.45) is 0 Å². The molecule has 2 aromatic heterocycles. The van der Waals surface area contributed by atoms with Crippen LogP contribution < -0.4 is 16.4 Å². The number of fused-ring (bicyclic) bond motifs is 1. The van der Waals surface area contributed by atoms with Crippen LogP contribution in [-0.2, 0) is 0 Å². The predicted molar refractivity (Wildman–Crippen MR) is 118 cm³/mol. The lowest BCUT2D eigenvalue weighted by Gasteiger charge is -2.18. The zero-order valence-corrected chi connectivity index (χ0v) is 17.3. The summed E-state index contributed by atoms with van der Waals surface area (Å²) in [5.74, 6) is 0.192. The second-order valence-corrected chi connectivity index (χ2v) is 7.03. The molecule has 0 saturated carbocycles. The second kappa shape index (κ2) is 8.31. The van der Waals surface area contributed by atoms with E-state index in [4.69, 9.17) is 5.73 Å². The molecule has 0 aliphatic rings. The summed E-state index contributed by atoms with van der Waals surface area (Å²) in [6.07, 6.45) is 1.26. The molecule has 160 valence electrons. The molecule has 10 heteroatoms. The first-order valence-corrected chi connectivity index (χ1v) is 9.70. The molecule has 1 amide bonds. The Balaban J connectivity index is 1.87. The molecule has 0 fully saturated rings. The number of halogens is 1. The Morgan fingerprint density at radius 2 is 2.06 bits per heavy atom. The minimum Gasteiger partial charge on any atom is -0.382 e. The van der Waals surface area contributed by atoms with Crippen LogP contribution in [0.25, 0.3) is 16.7 Å². The molecule has 4 N–H and O–H groups in total. The summed E-state index contributed by atoms with van der Waals surface area (Å²) in [7, 11) is 1.55. The first-order chi connectivity index (χ1) is 15.4. The first-order valence-electron chi connectivity index (χ1n) is 9.70. The highest BCUT2D eigenvalue weighted by molar-refractivity contribution is 5.94. The van der Waals surface area contributed by atoms with Crippen LogP contribution in [0.4, 0.5) is 16.0 Å². The van der Waals surface area contributed by atoms with Crippen LogP contribution >= 0.6 is 0 Å². The Morgan fingerprint density at radius 3 is 2.81 bits per heavy atom. The summed E-state index contributed by atoms with van der Waals surface area (Å²) < 4.78 is 15.9. The molecule has 4 rings (SSSR count). The highest BCUT2D eigenvalue weighted by Crippen LogP contribution is 2.29. The molecule has 4 aromatic rings. The number of imidazole rings is 1. The number of rotatable bonds is 5. The molecule has 9 nitrogen and oxygen atoms in total. The van der Waals surface area contributed by atoms with Gasteiger partial charge in [0.1, 0.15) is 41.2 Å². The van der Waals surface area contributed by atoms with Gasteiger partial charge in [0.25, 0.3) is 5.91 Å². The Kier molecular flexibility index (Phi) is 5.39. The van der Waals surface area contributed by atoms with Crippen LogP contribution in [0, 0.1) is 17.1 Å². The van der Waals surface area contributed by atoms with Gasteiger partial charge in [0, 0.05) is 24.4 Å². The van der Waals surface area contributed by atoms with Crippen molar-refractivity contribution in [3.8, 4) is 11.8 Å². The van der Waals surface area contributed by atoms with E-state index in [0.29, 0.717) is 28.1 Å². The molecular weight excluding hydrogens is 411 g/mol. The Labute approximate surface area is 182 Å². The van der Waals surface area contributed by atoms with E-state index < -0.39 is 11.9 Å². The van der Waals surface area contributed by atoms with E-state index in [1.165, 1.54) is 18.5 Å². The highest BCUT2D eigenvalue weighted by Gasteiger charge is 2.21. The van der Waals surface area contributed by atoms with E-state index in [9.17, 15) is 14.4 Å². The molecule has 0 aliphatic heterocycles. The van der Waals surface area contributed by atoms with Crippen molar-refractivity contribution in [2.75, 3.05) is 18.1 Å². The van der Waals surface area contributed by atoms with Gasteiger partial charge in [-0.05, 0) is 37.3 Å². The van der Waals surface area contributed by atoms with Crippen molar-refractivity contribution in [3.05, 3.63) is 71.6 Å². The van der Waals surface area contributed by atoms with E-state index in [0.717, 1.165) is 0 Å². The van der Waals surface area contributed by atoms with Crippen LogP contribution in [0.3, 0.4) is 0 Å². The average molecular weight is 430 g/mol. The predicted octanol–water partition coefficient (Wildman–Crippen LogP) is 2.94. The van der Waals surface area contributed by atoms with E-state index in [2.05, 4.69) is 25.6 Å². The molecule has 2 heterocycles. The maximum Gasteiger partial charge on any atom is 0.251 e. The third kappa shape index (κ3) is 3.67. The summed E-state index contributed by atoms with van der Waals surface area (Å²) >= 11 is 0. The van der Waals surface area contributed by atoms with Crippen LogP contribution in [0.1, 0.15) is 34.7 Å². The molecule has 0 bridgehead atoms. The molecule has 1 unspecified atom stereocenters. The van der Waals surface area contributed by atoms with Crippen molar-refractivity contribution >= 4 is 28.6 Å². The molecule has 0 radical (unpaired) electrons. The molecule has 0 aliphatic carbocycles. The highest BCUT2D eigenvalue weighted by atomic mass is 19.1. The maximum atomic E-state index is 14.1. The van der Waals surface area contributed by atoms with Gasteiger partial charge in [0.15, 0.2) is 0 Å². The van der Waals surface area contributed by atoms with E-state index >= 15 is 0 Å². The zero-order chi connectivity index (χ0) is 22.8. The summed E-state index contributed by atoms with van der Waals surface area (Å²) in [5, 5.41) is 15.2. The smallest absolute Gasteiger partial charge is 0.251 e. The van der Waals surface area contributed by atoms with Gasteiger partial charge in [-0.1, -0.05) is 6.07 Å². The third-order valence-corrected chi connectivity index (χ3v) is 4.96. The maximum absolute atomic E-state index is 14.1. The topological polar surface area (TPSA) is 135 Å². The largest absolute Gasteiger partial charge is 0.382 e. The summed E-state index contributed by atoms with van der Waals surface area (Å²) in [6, 6.07) is 12.8. The quantitative estimate of drug-likeness (QED) is 0.443. The fraction of sp³-hybridized carbons (Fsp3) is 0.136. The van der Waals surface area contributed by atoms with Gasteiger partial charge in [-0.2, -0.15) is 5.26 Å². The number of aromatic nitrogens is 4. The van der Waals surface area contributed by atoms with Gasteiger partial charge in [-0.3, -0.25) is 9.36 Å². The monoisotopic (exact) mass is 430 g/mol. The van der Waals surface area contributed by atoms with Crippen molar-refractivity contribution in [3.63, 3.8) is 0 Å². The van der Waals surface area contributed by atoms with Crippen LogP contribution in [0.2, 0.25) is 0 Å². The Morgan fingerprint density at radius 1 is 1.25 bits per heavy atom. The summed E-state index contributed by atoms with van der Waals surface area (Å²) in [5.41, 5.74) is 8.09. The van der Waals surface area contributed by atoms with Gasteiger partial charge < -0.3 is 16.4 Å². The molecule has 0 spiro atoms. The van der Waals surface area contributed by atoms with Gasteiger partial charge in [-0.15, -0.1) is 0 Å². The number of nitrogen functional groups attached to an aromatic ring is 1. The van der Waals surface area contributed by atoms with Crippen molar-refractivity contribution in [1.29, 1.82) is 5.26 Å². The number of anilines is 2. The number of benzene rings is 2. The minimum atomic E-state index is -0.462. The lowest BCUT2D eigenvalue weighted by molar-refractivity contribution is 0.0963. The summed E-state index contributed by atoms with van der Waals surface area (Å²) in [6.45, 7) is 1.83. The zero-order valence-electron chi connectivity index (χ0n) is 17.3. The van der Waals surface area contributed by atoms with Crippen LogP contribution in [0.5, 0.6) is 0 Å². The van der Waals surface area contributed by atoms with E-state index in [-0.39, 0.29) is 23.1 Å². The van der Waals surface area contributed by atoms with Gasteiger partial charge >= 0.3 is 0 Å². The number of nitrogens with one attached hydrogen (secondary N) is 2. The van der Waals surface area contributed by atoms with Crippen molar-refractivity contribution in [1.82, 2.24) is 24.8 Å².